The summed E-state index contributed by atoms with van der Waals surface area (Å²) in [6, 6.07) is 0.251. The Kier molecular flexibility index (Phi) is 5.30. The molecule has 0 saturated carbocycles. The minimum Gasteiger partial charge on any atom is -0.395 e. The zero-order valence-electron chi connectivity index (χ0n) is 11.6. The van der Waals surface area contributed by atoms with Gasteiger partial charge in [0.1, 0.15) is 17.5 Å². The number of nitrogen functional groups attached to an aromatic ring is 1. The van der Waals surface area contributed by atoms with Crippen molar-refractivity contribution in [2.45, 2.75) is 40.2 Å². The molecule has 1 aromatic heterocycles. The maximum Gasteiger partial charge on any atom is 0.148 e. The van der Waals surface area contributed by atoms with E-state index in [0.717, 1.165) is 23.6 Å². The molecule has 0 fully saturated rings. The fraction of sp³-hybridized carbons (Fsp3) is 0.667. The lowest BCUT2D eigenvalue weighted by atomic mass is 10.2. The van der Waals surface area contributed by atoms with Crippen LogP contribution < -0.4 is 16.2 Å². The Morgan fingerprint density at radius 2 is 2.06 bits per heavy atom. The first-order chi connectivity index (χ1) is 8.54. The van der Waals surface area contributed by atoms with E-state index in [4.69, 9.17) is 10.9 Å². The molecule has 0 aliphatic heterocycles. The van der Waals surface area contributed by atoms with Crippen molar-refractivity contribution in [2.24, 2.45) is 5.84 Å². The molecular formula is C12H23N5O. The monoisotopic (exact) mass is 253 g/mol. The van der Waals surface area contributed by atoms with Gasteiger partial charge in [-0.1, -0.05) is 6.92 Å². The Labute approximate surface area is 108 Å². The van der Waals surface area contributed by atoms with Gasteiger partial charge in [0, 0.05) is 24.6 Å². The number of hydrogen-bond acceptors (Lipinski definition) is 6. The molecule has 0 aromatic carbocycles. The van der Waals surface area contributed by atoms with Crippen LogP contribution in [0.4, 0.5) is 11.6 Å². The molecule has 0 aliphatic rings. The molecule has 102 valence electrons. The average Bonchev–Trinajstić information content (AvgIpc) is 2.36. The predicted octanol–water partition coefficient (Wildman–Crippen LogP) is 0.840. The van der Waals surface area contributed by atoms with E-state index >= 15 is 0 Å². The van der Waals surface area contributed by atoms with Crippen LogP contribution in [0, 0.1) is 6.92 Å². The fourth-order valence-corrected chi connectivity index (χ4v) is 1.84. The van der Waals surface area contributed by atoms with E-state index in [1.54, 1.807) is 0 Å². The highest BCUT2D eigenvalue weighted by atomic mass is 16.3. The lowest BCUT2D eigenvalue weighted by Crippen LogP contribution is -2.35. The second kappa shape index (κ2) is 6.51. The van der Waals surface area contributed by atoms with Gasteiger partial charge in [-0.3, -0.25) is 0 Å². The normalized spacial score (nSPS) is 10.8. The summed E-state index contributed by atoms with van der Waals surface area (Å²) in [6.45, 7) is 8.70. The third-order valence-corrected chi connectivity index (χ3v) is 2.86. The van der Waals surface area contributed by atoms with Crippen molar-refractivity contribution in [3.05, 3.63) is 11.4 Å². The van der Waals surface area contributed by atoms with Gasteiger partial charge in [0.05, 0.1) is 6.61 Å². The smallest absolute Gasteiger partial charge is 0.148 e. The molecule has 0 radical (unpaired) electrons. The number of hydrogen-bond donors (Lipinski definition) is 3. The molecule has 0 bridgehead atoms. The summed E-state index contributed by atoms with van der Waals surface area (Å²) in [5.74, 6) is 7.70. The van der Waals surface area contributed by atoms with E-state index < -0.39 is 0 Å². The average molecular weight is 253 g/mol. The first kappa shape index (κ1) is 14.7. The summed E-state index contributed by atoms with van der Waals surface area (Å²) in [5, 5.41) is 9.17. The van der Waals surface area contributed by atoms with Gasteiger partial charge >= 0.3 is 0 Å². The van der Waals surface area contributed by atoms with E-state index in [2.05, 4.69) is 34.1 Å². The molecule has 4 N–H and O–H groups in total. The fourth-order valence-electron chi connectivity index (χ4n) is 1.84. The van der Waals surface area contributed by atoms with Crippen LogP contribution in [0.15, 0.2) is 0 Å². The maximum absolute atomic E-state index is 9.17. The van der Waals surface area contributed by atoms with Crippen molar-refractivity contribution in [3.63, 3.8) is 0 Å². The standard InChI is InChI=1S/C12H23N5O/c1-5-10-14-11(16-13)9(4)12(15-10)17(6-7-18)8(2)3/h8,18H,5-7,13H2,1-4H3,(H,14,15,16). The van der Waals surface area contributed by atoms with Crippen LogP contribution in [0.25, 0.3) is 0 Å². The number of aliphatic hydroxyl groups excluding tert-OH is 1. The number of aliphatic hydroxyl groups is 1. The molecule has 0 aliphatic carbocycles. The van der Waals surface area contributed by atoms with E-state index in [0.29, 0.717) is 12.4 Å². The minimum atomic E-state index is 0.0917. The van der Waals surface area contributed by atoms with Crippen LogP contribution in [0.3, 0.4) is 0 Å². The molecule has 6 nitrogen and oxygen atoms in total. The third-order valence-electron chi connectivity index (χ3n) is 2.86. The van der Waals surface area contributed by atoms with Crippen LogP contribution in [-0.2, 0) is 6.42 Å². The molecule has 0 saturated heterocycles. The lowest BCUT2D eigenvalue weighted by Gasteiger charge is -2.29. The molecule has 0 atom stereocenters. The van der Waals surface area contributed by atoms with Crippen LogP contribution in [0.5, 0.6) is 0 Å². The number of rotatable bonds is 6. The second-order valence-corrected chi connectivity index (χ2v) is 4.45. The molecule has 6 heteroatoms. The number of hydrazine groups is 1. The van der Waals surface area contributed by atoms with Crippen molar-refractivity contribution in [1.82, 2.24) is 9.97 Å². The first-order valence-corrected chi connectivity index (χ1v) is 6.26. The zero-order valence-corrected chi connectivity index (χ0v) is 11.6. The first-order valence-electron chi connectivity index (χ1n) is 6.26. The summed E-state index contributed by atoms with van der Waals surface area (Å²) in [4.78, 5) is 10.9. The highest BCUT2D eigenvalue weighted by Gasteiger charge is 2.17. The number of nitrogens with zero attached hydrogens (tertiary/aromatic N) is 3. The van der Waals surface area contributed by atoms with Gasteiger partial charge in [-0.2, -0.15) is 0 Å². The zero-order chi connectivity index (χ0) is 13.7. The van der Waals surface area contributed by atoms with Gasteiger partial charge in [-0.15, -0.1) is 0 Å². The van der Waals surface area contributed by atoms with Gasteiger partial charge in [-0.25, -0.2) is 15.8 Å². The highest BCUT2D eigenvalue weighted by molar-refractivity contribution is 5.58. The Morgan fingerprint density at radius 1 is 1.39 bits per heavy atom. The van der Waals surface area contributed by atoms with Crippen molar-refractivity contribution in [3.8, 4) is 0 Å². The van der Waals surface area contributed by atoms with E-state index in [9.17, 15) is 0 Å². The second-order valence-electron chi connectivity index (χ2n) is 4.45. The van der Waals surface area contributed by atoms with Gasteiger partial charge in [0.15, 0.2) is 0 Å². The maximum atomic E-state index is 9.17. The summed E-state index contributed by atoms with van der Waals surface area (Å²) in [5.41, 5.74) is 3.51. The predicted molar refractivity (Wildman–Crippen MR) is 73.5 cm³/mol. The number of aryl methyl sites for hydroxylation is 1. The van der Waals surface area contributed by atoms with Crippen LogP contribution in [0.2, 0.25) is 0 Å². The van der Waals surface area contributed by atoms with E-state index in [1.165, 1.54) is 0 Å². The molecule has 0 amide bonds. The van der Waals surface area contributed by atoms with Crippen LogP contribution in [0.1, 0.15) is 32.2 Å². The topological polar surface area (TPSA) is 87.3 Å². The number of aromatic nitrogens is 2. The van der Waals surface area contributed by atoms with Gasteiger partial charge in [0.2, 0.25) is 0 Å². The minimum absolute atomic E-state index is 0.0917. The van der Waals surface area contributed by atoms with Crippen molar-refractivity contribution < 1.29 is 5.11 Å². The molecular weight excluding hydrogens is 230 g/mol. The summed E-state index contributed by atoms with van der Waals surface area (Å²) < 4.78 is 0. The van der Waals surface area contributed by atoms with E-state index in [1.807, 2.05) is 13.8 Å². The van der Waals surface area contributed by atoms with Crippen molar-refractivity contribution in [1.29, 1.82) is 0 Å². The summed E-state index contributed by atoms with van der Waals surface area (Å²) in [7, 11) is 0. The SMILES string of the molecule is CCc1nc(NN)c(C)c(N(CCO)C(C)C)n1. The van der Waals surface area contributed by atoms with Crippen LogP contribution >= 0.6 is 0 Å². The van der Waals surface area contributed by atoms with Gasteiger partial charge < -0.3 is 15.4 Å². The van der Waals surface area contributed by atoms with Crippen molar-refractivity contribution in [2.75, 3.05) is 23.5 Å². The number of nitrogens with one attached hydrogen (secondary N) is 1. The van der Waals surface area contributed by atoms with Gasteiger partial charge in [0.25, 0.3) is 0 Å². The molecule has 1 rings (SSSR count). The van der Waals surface area contributed by atoms with Crippen molar-refractivity contribution >= 4 is 11.6 Å². The van der Waals surface area contributed by atoms with Gasteiger partial charge in [-0.05, 0) is 20.8 Å². The quantitative estimate of drug-likeness (QED) is 0.514. The molecule has 18 heavy (non-hydrogen) atoms. The Bertz CT molecular complexity index is 394. The highest BCUT2D eigenvalue weighted by Crippen LogP contribution is 2.24. The number of nitrogens with two attached hydrogens (primary N) is 1. The molecule has 0 spiro atoms. The third kappa shape index (κ3) is 3.08. The Hall–Kier alpha value is -1.40. The largest absolute Gasteiger partial charge is 0.395 e. The summed E-state index contributed by atoms with van der Waals surface area (Å²) in [6.07, 6.45) is 0.743. The molecule has 0 unspecified atom stereocenters. The Morgan fingerprint density at radius 3 is 2.50 bits per heavy atom. The van der Waals surface area contributed by atoms with E-state index in [-0.39, 0.29) is 12.6 Å². The Balaban J connectivity index is 3.26. The lowest BCUT2D eigenvalue weighted by molar-refractivity contribution is 0.298. The molecule has 1 aromatic rings. The summed E-state index contributed by atoms with van der Waals surface area (Å²) >= 11 is 0. The molecule has 1 heterocycles. The number of anilines is 2. The van der Waals surface area contributed by atoms with Crippen LogP contribution in [-0.4, -0.2) is 34.3 Å².